The van der Waals surface area contributed by atoms with Gasteiger partial charge >= 0.3 is 0 Å². The smallest absolute Gasteiger partial charge is 0.127 e. The number of fused-ring (bicyclic) bond motifs is 1. The van der Waals surface area contributed by atoms with E-state index in [9.17, 15) is 0 Å². The van der Waals surface area contributed by atoms with Crippen LogP contribution >= 0.6 is 0 Å². The fourth-order valence-corrected chi connectivity index (χ4v) is 2.25. The number of aromatic nitrogens is 2. The lowest BCUT2D eigenvalue weighted by Gasteiger charge is -2.21. The summed E-state index contributed by atoms with van der Waals surface area (Å²) in [5.41, 5.74) is 9.40. The van der Waals surface area contributed by atoms with E-state index in [-0.39, 0.29) is 5.54 Å². The van der Waals surface area contributed by atoms with E-state index in [2.05, 4.69) is 35.9 Å². The van der Waals surface area contributed by atoms with E-state index < -0.39 is 0 Å². The summed E-state index contributed by atoms with van der Waals surface area (Å²) in [5.74, 6) is 1.52. The molecule has 1 aliphatic rings. The molecule has 0 bridgehead atoms. The highest BCUT2D eigenvalue weighted by Gasteiger charge is 2.41. The highest BCUT2D eigenvalue weighted by Crippen LogP contribution is 2.43. The Balaban J connectivity index is 2.11. The molecule has 3 N–H and O–H groups in total. The van der Waals surface area contributed by atoms with E-state index in [4.69, 9.17) is 5.73 Å². The standard InChI is InChI=1S/C13H17N3/c1-8-3-6-10-11(7-8)16-12(15-10)13(2,14)9-4-5-9/h3,6-7,9H,4-5,14H2,1-2H3,(H,15,16). The molecule has 0 radical (unpaired) electrons. The molecule has 84 valence electrons. The molecule has 1 aliphatic carbocycles. The maximum absolute atomic E-state index is 6.35. The van der Waals surface area contributed by atoms with E-state index in [1.165, 1.54) is 18.4 Å². The molecule has 0 aliphatic heterocycles. The van der Waals surface area contributed by atoms with Gasteiger partial charge in [0.25, 0.3) is 0 Å². The van der Waals surface area contributed by atoms with Gasteiger partial charge in [0.15, 0.2) is 0 Å². The van der Waals surface area contributed by atoms with Crippen molar-refractivity contribution in [3.05, 3.63) is 29.6 Å². The molecule has 2 aromatic rings. The molecule has 1 fully saturated rings. The van der Waals surface area contributed by atoms with Gasteiger partial charge in [-0.15, -0.1) is 0 Å². The zero-order valence-corrected chi connectivity index (χ0v) is 9.75. The maximum Gasteiger partial charge on any atom is 0.127 e. The van der Waals surface area contributed by atoms with Crippen LogP contribution in [0.25, 0.3) is 11.0 Å². The topological polar surface area (TPSA) is 54.7 Å². The Morgan fingerprint density at radius 3 is 2.88 bits per heavy atom. The van der Waals surface area contributed by atoms with Crippen LogP contribution in [0.2, 0.25) is 0 Å². The molecule has 0 amide bonds. The Bertz CT molecular complexity index is 535. The van der Waals surface area contributed by atoms with Crippen molar-refractivity contribution in [2.45, 2.75) is 32.2 Å². The molecule has 1 aromatic carbocycles. The summed E-state index contributed by atoms with van der Waals surface area (Å²) in [6.45, 7) is 4.16. The van der Waals surface area contributed by atoms with Crippen LogP contribution in [-0.4, -0.2) is 9.97 Å². The second-order valence-electron chi connectivity index (χ2n) is 5.16. The number of aryl methyl sites for hydroxylation is 1. The number of nitrogens with two attached hydrogens (primary N) is 1. The largest absolute Gasteiger partial charge is 0.340 e. The minimum absolute atomic E-state index is 0.299. The molecule has 1 unspecified atom stereocenters. The van der Waals surface area contributed by atoms with Crippen molar-refractivity contribution in [3.63, 3.8) is 0 Å². The van der Waals surface area contributed by atoms with Crippen molar-refractivity contribution in [1.82, 2.24) is 9.97 Å². The fourth-order valence-electron chi connectivity index (χ4n) is 2.25. The van der Waals surface area contributed by atoms with Gasteiger partial charge in [-0.25, -0.2) is 4.98 Å². The molecule has 0 spiro atoms. The number of nitrogens with zero attached hydrogens (tertiary/aromatic N) is 1. The van der Waals surface area contributed by atoms with E-state index in [1.54, 1.807) is 0 Å². The second kappa shape index (κ2) is 3.08. The molecule has 1 atom stereocenters. The predicted molar refractivity (Wildman–Crippen MR) is 65.1 cm³/mol. The van der Waals surface area contributed by atoms with E-state index >= 15 is 0 Å². The quantitative estimate of drug-likeness (QED) is 0.808. The van der Waals surface area contributed by atoms with Crippen molar-refractivity contribution >= 4 is 11.0 Å². The number of nitrogens with one attached hydrogen (secondary N) is 1. The normalized spacial score (nSPS) is 19.9. The maximum atomic E-state index is 6.35. The summed E-state index contributed by atoms with van der Waals surface area (Å²) >= 11 is 0. The average molecular weight is 215 g/mol. The van der Waals surface area contributed by atoms with Crippen molar-refractivity contribution in [2.24, 2.45) is 11.7 Å². The Morgan fingerprint density at radius 1 is 1.44 bits per heavy atom. The number of aromatic amines is 1. The third kappa shape index (κ3) is 1.43. The van der Waals surface area contributed by atoms with Gasteiger partial charge in [-0.2, -0.15) is 0 Å². The van der Waals surface area contributed by atoms with Gasteiger partial charge in [-0.3, -0.25) is 0 Å². The van der Waals surface area contributed by atoms with Crippen LogP contribution in [0.3, 0.4) is 0 Å². The van der Waals surface area contributed by atoms with Gasteiger partial charge in [-0.05, 0) is 50.3 Å². The van der Waals surface area contributed by atoms with Gasteiger partial charge in [-0.1, -0.05) is 6.07 Å². The molecule has 1 saturated carbocycles. The van der Waals surface area contributed by atoms with Crippen molar-refractivity contribution in [1.29, 1.82) is 0 Å². The molecular weight excluding hydrogens is 198 g/mol. The molecule has 3 heteroatoms. The summed E-state index contributed by atoms with van der Waals surface area (Å²) in [5, 5.41) is 0. The Morgan fingerprint density at radius 2 is 2.19 bits per heavy atom. The first kappa shape index (κ1) is 9.85. The summed E-state index contributed by atoms with van der Waals surface area (Å²) in [6, 6.07) is 6.25. The summed E-state index contributed by atoms with van der Waals surface area (Å²) < 4.78 is 0. The van der Waals surface area contributed by atoms with Crippen LogP contribution < -0.4 is 5.73 Å². The number of rotatable bonds is 2. The van der Waals surface area contributed by atoms with Crippen LogP contribution in [0.4, 0.5) is 0 Å². The number of hydrogen-bond donors (Lipinski definition) is 2. The van der Waals surface area contributed by atoms with Crippen LogP contribution in [0.5, 0.6) is 0 Å². The molecule has 16 heavy (non-hydrogen) atoms. The van der Waals surface area contributed by atoms with Gasteiger partial charge in [0.05, 0.1) is 16.6 Å². The molecule has 3 nitrogen and oxygen atoms in total. The van der Waals surface area contributed by atoms with Gasteiger partial charge in [0, 0.05) is 0 Å². The lowest BCUT2D eigenvalue weighted by Crippen LogP contribution is -2.36. The zero-order chi connectivity index (χ0) is 11.3. The number of H-pyrrole nitrogens is 1. The highest BCUT2D eigenvalue weighted by molar-refractivity contribution is 5.76. The molecule has 1 heterocycles. The Hall–Kier alpha value is -1.35. The van der Waals surface area contributed by atoms with Crippen molar-refractivity contribution < 1.29 is 0 Å². The zero-order valence-electron chi connectivity index (χ0n) is 9.75. The molecule has 0 saturated heterocycles. The predicted octanol–water partition coefficient (Wildman–Crippen LogP) is 2.46. The number of benzene rings is 1. The van der Waals surface area contributed by atoms with E-state index in [0.717, 1.165) is 16.9 Å². The summed E-state index contributed by atoms with van der Waals surface area (Å²) in [7, 11) is 0. The average Bonchev–Trinajstić information content (AvgIpc) is 2.99. The third-order valence-corrected chi connectivity index (χ3v) is 3.57. The summed E-state index contributed by atoms with van der Waals surface area (Å²) in [4.78, 5) is 7.97. The number of imidazole rings is 1. The fraction of sp³-hybridized carbons (Fsp3) is 0.462. The second-order valence-corrected chi connectivity index (χ2v) is 5.16. The first-order valence-corrected chi connectivity index (χ1v) is 5.83. The molecular formula is C13H17N3. The lowest BCUT2D eigenvalue weighted by atomic mass is 9.97. The monoisotopic (exact) mass is 215 g/mol. The minimum atomic E-state index is -0.299. The SMILES string of the molecule is Cc1ccc2nc(C(C)(N)C3CC3)[nH]c2c1. The van der Waals surface area contributed by atoms with Gasteiger partial charge in [0.2, 0.25) is 0 Å². The van der Waals surface area contributed by atoms with Crippen LogP contribution in [0.1, 0.15) is 31.2 Å². The Kier molecular flexibility index (Phi) is 1.89. The van der Waals surface area contributed by atoms with Crippen LogP contribution in [-0.2, 0) is 5.54 Å². The Labute approximate surface area is 95.1 Å². The first-order valence-electron chi connectivity index (χ1n) is 5.83. The van der Waals surface area contributed by atoms with Gasteiger partial charge in [0.1, 0.15) is 5.82 Å². The highest BCUT2D eigenvalue weighted by atomic mass is 15.0. The number of hydrogen-bond acceptors (Lipinski definition) is 2. The van der Waals surface area contributed by atoms with Crippen molar-refractivity contribution in [3.8, 4) is 0 Å². The van der Waals surface area contributed by atoms with E-state index in [1.807, 2.05) is 6.07 Å². The van der Waals surface area contributed by atoms with Gasteiger partial charge < -0.3 is 10.7 Å². The van der Waals surface area contributed by atoms with E-state index in [0.29, 0.717) is 5.92 Å². The lowest BCUT2D eigenvalue weighted by molar-refractivity contribution is 0.405. The molecule has 1 aromatic heterocycles. The third-order valence-electron chi connectivity index (χ3n) is 3.57. The van der Waals surface area contributed by atoms with Crippen LogP contribution in [0.15, 0.2) is 18.2 Å². The summed E-state index contributed by atoms with van der Waals surface area (Å²) in [6.07, 6.45) is 2.45. The minimum Gasteiger partial charge on any atom is -0.340 e. The van der Waals surface area contributed by atoms with Crippen LogP contribution in [0, 0.1) is 12.8 Å². The first-order chi connectivity index (χ1) is 7.57. The molecule has 3 rings (SSSR count). The van der Waals surface area contributed by atoms with Crippen molar-refractivity contribution in [2.75, 3.05) is 0 Å².